The predicted molar refractivity (Wildman–Crippen MR) is 71.3 cm³/mol. The number of allylic oxidation sites excluding steroid dienone is 1. The zero-order valence-electron chi connectivity index (χ0n) is 11.2. The Morgan fingerprint density at radius 2 is 2.18 bits per heavy atom. The first-order chi connectivity index (χ1) is 8.36. The minimum atomic E-state index is 0.647. The van der Waals surface area contributed by atoms with E-state index in [2.05, 4.69) is 18.4 Å². The monoisotopic (exact) mass is 241 g/mol. The van der Waals surface area contributed by atoms with Gasteiger partial charge in [0, 0.05) is 26.3 Å². The third kappa shape index (κ3) is 6.81. The molecule has 1 aliphatic rings. The van der Waals surface area contributed by atoms with E-state index in [1.165, 1.54) is 19.4 Å². The highest BCUT2D eigenvalue weighted by atomic mass is 16.5. The molecule has 1 fully saturated rings. The van der Waals surface area contributed by atoms with Crippen molar-refractivity contribution in [3.63, 3.8) is 0 Å². The van der Waals surface area contributed by atoms with Crippen molar-refractivity contribution in [2.24, 2.45) is 5.92 Å². The van der Waals surface area contributed by atoms with Crippen LogP contribution >= 0.6 is 0 Å². The third-order valence-corrected chi connectivity index (χ3v) is 3.25. The normalized spacial score (nSPS) is 19.1. The molecule has 0 amide bonds. The molecular formula is C14H27NO2. The lowest BCUT2D eigenvalue weighted by Gasteiger charge is -2.27. The predicted octanol–water partition coefficient (Wildman–Crippen LogP) is 2.33. The third-order valence-electron chi connectivity index (χ3n) is 3.25. The van der Waals surface area contributed by atoms with Gasteiger partial charge < -0.3 is 9.47 Å². The van der Waals surface area contributed by atoms with E-state index in [1.54, 1.807) is 0 Å². The molecule has 1 heterocycles. The maximum atomic E-state index is 5.51. The summed E-state index contributed by atoms with van der Waals surface area (Å²) in [4.78, 5) is 2.50. The Kier molecular flexibility index (Phi) is 8.32. The Hall–Kier alpha value is -0.380. The first-order valence-corrected chi connectivity index (χ1v) is 6.85. The van der Waals surface area contributed by atoms with Crippen molar-refractivity contribution in [3.05, 3.63) is 12.7 Å². The molecule has 0 radical (unpaired) electrons. The van der Waals surface area contributed by atoms with Crippen LogP contribution in [0.2, 0.25) is 0 Å². The summed E-state index contributed by atoms with van der Waals surface area (Å²) in [5.41, 5.74) is 0. The van der Waals surface area contributed by atoms with Gasteiger partial charge in [-0.1, -0.05) is 6.08 Å². The fourth-order valence-electron chi connectivity index (χ4n) is 2.22. The van der Waals surface area contributed by atoms with Crippen LogP contribution < -0.4 is 0 Å². The van der Waals surface area contributed by atoms with Crippen molar-refractivity contribution in [3.8, 4) is 0 Å². The van der Waals surface area contributed by atoms with Crippen LogP contribution in [0.5, 0.6) is 0 Å². The SMILES string of the molecule is C=CCC(CCCN1CCOCC1)COCC. The molecule has 1 aliphatic heterocycles. The van der Waals surface area contributed by atoms with E-state index in [9.17, 15) is 0 Å². The highest BCUT2D eigenvalue weighted by Crippen LogP contribution is 2.13. The highest BCUT2D eigenvalue weighted by Gasteiger charge is 2.11. The van der Waals surface area contributed by atoms with Crippen molar-refractivity contribution in [2.75, 3.05) is 46.1 Å². The number of hydrogen-bond acceptors (Lipinski definition) is 3. The summed E-state index contributed by atoms with van der Waals surface area (Å²) in [5.74, 6) is 0.647. The lowest BCUT2D eigenvalue weighted by atomic mass is 10.0. The Balaban J connectivity index is 2.09. The van der Waals surface area contributed by atoms with Crippen LogP contribution in [-0.4, -0.2) is 51.0 Å². The molecule has 0 N–H and O–H groups in total. The van der Waals surface area contributed by atoms with Crippen LogP contribution in [0, 0.1) is 5.92 Å². The fourth-order valence-corrected chi connectivity index (χ4v) is 2.22. The van der Waals surface area contributed by atoms with Gasteiger partial charge >= 0.3 is 0 Å². The van der Waals surface area contributed by atoms with E-state index in [1.807, 2.05) is 6.08 Å². The molecule has 0 aromatic heterocycles. The van der Waals surface area contributed by atoms with Gasteiger partial charge in [-0.2, -0.15) is 0 Å². The Bertz CT molecular complexity index is 191. The molecule has 17 heavy (non-hydrogen) atoms. The lowest BCUT2D eigenvalue weighted by molar-refractivity contribution is 0.0355. The number of ether oxygens (including phenoxy) is 2. The van der Waals surface area contributed by atoms with Crippen LogP contribution in [0.15, 0.2) is 12.7 Å². The van der Waals surface area contributed by atoms with Gasteiger partial charge in [0.25, 0.3) is 0 Å². The zero-order chi connectivity index (χ0) is 12.3. The summed E-state index contributed by atoms with van der Waals surface area (Å²) in [7, 11) is 0. The van der Waals surface area contributed by atoms with Gasteiger partial charge in [-0.15, -0.1) is 6.58 Å². The lowest BCUT2D eigenvalue weighted by Crippen LogP contribution is -2.37. The largest absolute Gasteiger partial charge is 0.381 e. The van der Waals surface area contributed by atoms with E-state index in [-0.39, 0.29) is 0 Å². The standard InChI is InChI=1S/C14H27NO2/c1-3-6-14(13-16-4-2)7-5-8-15-9-11-17-12-10-15/h3,14H,1,4-13H2,2H3. The first-order valence-electron chi connectivity index (χ1n) is 6.85. The van der Waals surface area contributed by atoms with Crippen LogP contribution in [-0.2, 0) is 9.47 Å². The van der Waals surface area contributed by atoms with Crippen LogP contribution in [0.3, 0.4) is 0 Å². The number of nitrogens with zero attached hydrogens (tertiary/aromatic N) is 1. The van der Waals surface area contributed by atoms with Crippen LogP contribution in [0.4, 0.5) is 0 Å². The number of rotatable bonds is 9. The summed E-state index contributed by atoms with van der Waals surface area (Å²) >= 11 is 0. The van der Waals surface area contributed by atoms with Crippen molar-refractivity contribution in [2.45, 2.75) is 26.2 Å². The molecule has 100 valence electrons. The van der Waals surface area contributed by atoms with Gasteiger partial charge in [-0.3, -0.25) is 4.90 Å². The molecule has 0 saturated carbocycles. The molecule has 1 unspecified atom stereocenters. The summed E-state index contributed by atoms with van der Waals surface area (Å²) < 4.78 is 10.9. The number of morpholine rings is 1. The summed E-state index contributed by atoms with van der Waals surface area (Å²) in [6, 6.07) is 0. The van der Waals surface area contributed by atoms with Gasteiger partial charge in [-0.25, -0.2) is 0 Å². The maximum absolute atomic E-state index is 5.51. The topological polar surface area (TPSA) is 21.7 Å². The van der Waals surface area contributed by atoms with E-state index in [0.717, 1.165) is 45.9 Å². The van der Waals surface area contributed by atoms with E-state index in [4.69, 9.17) is 9.47 Å². The second-order valence-electron chi connectivity index (χ2n) is 4.65. The van der Waals surface area contributed by atoms with Crippen molar-refractivity contribution in [1.29, 1.82) is 0 Å². The van der Waals surface area contributed by atoms with E-state index in [0.29, 0.717) is 5.92 Å². The molecule has 0 bridgehead atoms. The highest BCUT2D eigenvalue weighted by molar-refractivity contribution is 4.74. The van der Waals surface area contributed by atoms with Gasteiger partial charge in [-0.05, 0) is 38.6 Å². The summed E-state index contributed by atoms with van der Waals surface area (Å²) in [6.07, 6.45) is 5.58. The van der Waals surface area contributed by atoms with Crippen molar-refractivity contribution < 1.29 is 9.47 Å². The Morgan fingerprint density at radius 3 is 2.82 bits per heavy atom. The fraction of sp³-hybridized carbons (Fsp3) is 0.857. The molecule has 3 heteroatoms. The molecular weight excluding hydrogens is 214 g/mol. The Labute approximate surface area is 106 Å². The number of hydrogen-bond donors (Lipinski definition) is 0. The molecule has 3 nitrogen and oxygen atoms in total. The van der Waals surface area contributed by atoms with Crippen LogP contribution in [0.25, 0.3) is 0 Å². The maximum Gasteiger partial charge on any atom is 0.0594 e. The molecule has 0 aliphatic carbocycles. The van der Waals surface area contributed by atoms with E-state index < -0.39 is 0 Å². The summed E-state index contributed by atoms with van der Waals surface area (Å²) in [6.45, 7) is 12.8. The van der Waals surface area contributed by atoms with Gasteiger partial charge in [0.1, 0.15) is 0 Å². The second-order valence-corrected chi connectivity index (χ2v) is 4.65. The van der Waals surface area contributed by atoms with Gasteiger partial charge in [0.2, 0.25) is 0 Å². The Morgan fingerprint density at radius 1 is 1.41 bits per heavy atom. The van der Waals surface area contributed by atoms with Crippen molar-refractivity contribution in [1.82, 2.24) is 4.90 Å². The van der Waals surface area contributed by atoms with Gasteiger partial charge in [0.15, 0.2) is 0 Å². The van der Waals surface area contributed by atoms with Crippen LogP contribution in [0.1, 0.15) is 26.2 Å². The smallest absolute Gasteiger partial charge is 0.0594 e. The molecule has 0 aromatic carbocycles. The minimum absolute atomic E-state index is 0.647. The first kappa shape index (κ1) is 14.7. The van der Waals surface area contributed by atoms with Gasteiger partial charge in [0.05, 0.1) is 13.2 Å². The zero-order valence-corrected chi connectivity index (χ0v) is 11.2. The molecule has 1 saturated heterocycles. The summed E-state index contributed by atoms with van der Waals surface area (Å²) in [5, 5.41) is 0. The average molecular weight is 241 g/mol. The second kappa shape index (κ2) is 9.63. The average Bonchev–Trinajstić information content (AvgIpc) is 2.37. The molecule has 1 rings (SSSR count). The minimum Gasteiger partial charge on any atom is -0.381 e. The quantitative estimate of drug-likeness (QED) is 0.578. The molecule has 0 spiro atoms. The van der Waals surface area contributed by atoms with E-state index >= 15 is 0 Å². The molecule has 1 atom stereocenters. The van der Waals surface area contributed by atoms with Crippen molar-refractivity contribution >= 4 is 0 Å². The molecule has 0 aromatic rings.